The van der Waals surface area contributed by atoms with Crippen LogP contribution in [-0.2, 0) is 9.84 Å². The molecular formula is C28H26O2S. The smallest absolute Gasteiger partial charge is 0.172 e. The van der Waals surface area contributed by atoms with Crippen molar-refractivity contribution >= 4 is 9.84 Å². The van der Waals surface area contributed by atoms with Gasteiger partial charge >= 0.3 is 0 Å². The lowest BCUT2D eigenvalue weighted by Crippen LogP contribution is -2.24. The second-order valence-electron chi connectivity index (χ2n) is 7.88. The van der Waals surface area contributed by atoms with Crippen LogP contribution in [-0.4, -0.2) is 8.42 Å². The molecule has 0 N–H and O–H groups in total. The number of hydrogen-bond acceptors (Lipinski definition) is 2. The van der Waals surface area contributed by atoms with Crippen molar-refractivity contribution in [3.05, 3.63) is 143 Å². The molecule has 156 valence electrons. The standard InChI is InChI=1S/C28H26O2S/c1-21-13-9-11-19-25(21)27(23-15-5-3-6-16-23)31(29,30)28(24-17-7-4-8-18-24)26-20-12-10-14-22(26)2/h3-20,27-28H,1-2H3. The molecule has 0 fully saturated rings. The van der Waals surface area contributed by atoms with Crippen LogP contribution >= 0.6 is 0 Å². The van der Waals surface area contributed by atoms with Crippen LogP contribution in [0.15, 0.2) is 109 Å². The molecule has 0 aromatic heterocycles. The maximum absolute atomic E-state index is 14.5. The summed E-state index contributed by atoms with van der Waals surface area (Å²) >= 11 is 0. The van der Waals surface area contributed by atoms with E-state index in [9.17, 15) is 8.42 Å². The van der Waals surface area contributed by atoms with E-state index in [1.165, 1.54) is 0 Å². The lowest BCUT2D eigenvalue weighted by molar-refractivity contribution is 0.581. The SMILES string of the molecule is Cc1ccccc1C(c1ccccc1)S(=O)(=O)C(c1ccccc1)c1ccccc1C. The lowest BCUT2D eigenvalue weighted by Gasteiger charge is -2.28. The number of rotatable bonds is 6. The highest BCUT2D eigenvalue weighted by Gasteiger charge is 2.39. The van der Waals surface area contributed by atoms with E-state index in [0.717, 1.165) is 33.4 Å². The van der Waals surface area contributed by atoms with Crippen LogP contribution in [0.4, 0.5) is 0 Å². The van der Waals surface area contributed by atoms with Gasteiger partial charge < -0.3 is 0 Å². The molecule has 2 atom stereocenters. The van der Waals surface area contributed by atoms with Crippen molar-refractivity contribution in [1.29, 1.82) is 0 Å². The van der Waals surface area contributed by atoms with Crippen molar-refractivity contribution in [2.24, 2.45) is 0 Å². The molecular weight excluding hydrogens is 400 g/mol. The fourth-order valence-corrected chi connectivity index (χ4v) is 6.83. The topological polar surface area (TPSA) is 34.1 Å². The molecule has 4 rings (SSSR count). The van der Waals surface area contributed by atoms with Crippen LogP contribution in [0.2, 0.25) is 0 Å². The molecule has 0 heterocycles. The maximum atomic E-state index is 14.5. The molecule has 0 spiro atoms. The van der Waals surface area contributed by atoms with E-state index >= 15 is 0 Å². The average molecular weight is 427 g/mol. The molecule has 0 saturated heterocycles. The van der Waals surface area contributed by atoms with Gasteiger partial charge in [0.15, 0.2) is 9.84 Å². The molecule has 0 bridgehead atoms. The van der Waals surface area contributed by atoms with E-state index in [2.05, 4.69) is 0 Å². The van der Waals surface area contributed by atoms with Crippen LogP contribution in [0.1, 0.15) is 43.9 Å². The molecule has 0 aliphatic heterocycles. The van der Waals surface area contributed by atoms with Gasteiger partial charge in [-0.1, -0.05) is 109 Å². The predicted octanol–water partition coefficient (Wildman–Crippen LogP) is 6.60. The van der Waals surface area contributed by atoms with Crippen molar-refractivity contribution in [3.8, 4) is 0 Å². The number of benzene rings is 4. The molecule has 2 nitrogen and oxygen atoms in total. The Hall–Kier alpha value is -3.17. The van der Waals surface area contributed by atoms with Crippen molar-refractivity contribution in [1.82, 2.24) is 0 Å². The fraction of sp³-hybridized carbons (Fsp3) is 0.143. The van der Waals surface area contributed by atoms with Crippen molar-refractivity contribution < 1.29 is 8.42 Å². The van der Waals surface area contributed by atoms with Gasteiger partial charge in [0.2, 0.25) is 0 Å². The lowest BCUT2D eigenvalue weighted by atomic mass is 9.99. The summed E-state index contributed by atoms with van der Waals surface area (Å²) in [4.78, 5) is 0. The molecule has 0 aliphatic rings. The van der Waals surface area contributed by atoms with E-state index in [-0.39, 0.29) is 0 Å². The summed E-state index contributed by atoms with van der Waals surface area (Å²) in [6, 6.07) is 34.7. The van der Waals surface area contributed by atoms with Crippen LogP contribution in [0.5, 0.6) is 0 Å². The third-order valence-electron chi connectivity index (χ3n) is 5.80. The zero-order valence-electron chi connectivity index (χ0n) is 17.8. The van der Waals surface area contributed by atoms with Crippen molar-refractivity contribution in [2.75, 3.05) is 0 Å². The summed E-state index contributed by atoms with van der Waals surface area (Å²) in [5.74, 6) is 0. The molecule has 0 aliphatic carbocycles. The van der Waals surface area contributed by atoms with Crippen LogP contribution in [0.25, 0.3) is 0 Å². The first-order valence-electron chi connectivity index (χ1n) is 10.4. The molecule has 3 heteroatoms. The van der Waals surface area contributed by atoms with E-state index in [1.54, 1.807) is 0 Å². The second-order valence-corrected chi connectivity index (χ2v) is 10.0. The van der Waals surface area contributed by atoms with Gasteiger partial charge in [-0.2, -0.15) is 0 Å². The van der Waals surface area contributed by atoms with E-state index in [4.69, 9.17) is 0 Å². The van der Waals surface area contributed by atoms with Crippen LogP contribution < -0.4 is 0 Å². The Morgan fingerprint density at radius 3 is 1.16 bits per heavy atom. The zero-order valence-corrected chi connectivity index (χ0v) is 18.6. The van der Waals surface area contributed by atoms with Gasteiger partial charge in [0, 0.05) is 0 Å². The fourth-order valence-electron chi connectivity index (χ4n) is 4.25. The van der Waals surface area contributed by atoms with Gasteiger partial charge in [-0.25, -0.2) is 8.42 Å². The summed E-state index contributed by atoms with van der Waals surface area (Å²) in [7, 11) is -3.72. The second kappa shape index (κ2) is 8.91. The number of aryl methyl sites for hydroxylation is 2. The Bertz CT molecular complexity index is 1170. The Morgan fingerprint density at radius 1 is 0.484 bits per heavy atom. The minimum atomic E-state index is -3.72. The Balaban J connectivity index is 2.00. The first kappa shape index (κ1) is 21.1. The van der Waals surface area contributed by atoms with Gasteiger partial charge in [-0.05, 0) is 47.2 Å². The van der Waals surface area contributed by atoms with E-state index in [1.807, 2.05) is 123 Å². The first-order chi connectivity index (χ1) is 15.0. The monoisotopic (exact) mass is 426 g/mol. The van der Waals surface area contributed by atoms with Crippen LogP contribution in [0.3, 0.4) is 0 Å². The first-order valence-corrected chi connectivity index (χ1v) is 12.0. The third-order valence-corrected chi connectivity index (χ3v) is 8.17. The summed E-state index contributed by atoms with van der Waals surface area (Å²) in [6.45, 7) is 3.96. The zero-order chi connectivity index (χ0) is 21.8. The van der Waals surface area contributed by atoms with Gasteiger partial charge in [-0.3, -0.25) is 0 Å². The van der Waals surface area contributed by atoms with E-state index in [0.29, 0.717) is 0 Å². The highest BCUT2D eigenvalue weighted by molar-refractivity contribution is 7.92. The minimum absolute atomic E-state index is 0.764. The van der Waals surface area contributed by atoms with Gasteiger partial charge in [0.25, 0.3) is 0 Å². The molecule has 4 aromatic carbocycles. The molecule has 31 heavy (non-hydrogen) atoms. The molecule has 4 aromatic rings. The highest BCUT2D eigenvalue weighted by atomic mass is 32.2. The quantitative estimate of drug-likeness (QED) is 0.348. The summed E-state index contributed by atoms with van der Waals surface area (Å²) in [5.41, 5.74) is 5.15. The van der Waals surface area contributed by atoms with Gasteiger partial charge in [-0.15, -0.1) is 0 Å². The summed E-state index contributed by atoms with van der Waals surface area (Å²) < 4.78 is 29.1. The van der Waals surface area contributed by atoms with E-state index < -0.39 is 20.3 Å². The van der Waals surface area contributed by atoms with Gasteiger partial charge in [0.05, 0.1) is 0 Å². The van der Waals surface area contributed by atoms with Crippen LogP contribution in [0, 0.1) is 13.8 Å². The minimum Gasteiger partial charge on any atom is -0.227 e. The molecule has 0 saturated carbocycles. The summed E-state index contributed by atoms with van der Waals surface area (Å²) in [5, 5.41) is -1.53. The average Bonchev–Trinajstić information content (AvgIpc) is 2.78. The van der Waals surface area contributed by atoms with Crippen molar-refractivity contribution in [2.45, 2.75) is 24.3 Å². The molecule has 0 amide bonds. The summed E-state index contributed by atoms with van der Waals surface area (Å²) in [6.07, 6.45) is 0. The van der Waals surface area contributed by atoms with Gasteiger partial charge in [0.1, 0.15) is 10.5 Å². The highest BCUT2D eigenvalue weighted by Crippen LogP contribution is 2.43. The van der Waals surface area contributed by atoms with Crippen molar-refractivity contribution in [3.63, 3.8) is 0 Å². The number of hydrogen-bond donors (Lipinski definition) is 0. The number of sulfone groups is 1. The molecule has 0 radical (unpaired) electrons. The Labute approximate surface area is 185 Å². The maximum Gasteiger partial charge on any atom is 0.172 e. The predicted molar refractivity (Wildman–Crippen MR) is 128 cm³/mol. The largest absolute Gasteiger partial charge is 0.227 e. The Kier molecular flexibility index (Phi) is 6.06. The molecule has 2 unspecified atom stereocenters. The Morgan fingerprint density at radius 2 is 0.806 bits per heavy atom. The normalized spacial score (nSPS) is 13.5. The third kappa shape index (κ3) is 4.19.